The fraction of sp³-hybridized carbons (Fsp3) is 0.636. The molecule has 1 aromatic carbocycles. The molecule has 4 atom stereocenters. The molecule has 0 aromatic heterocycles. The second kappa shape index (κ2) is 8.24. The van der Waals surface area contributed by atoms with E-state index in [1.165, 1.54) is 5.56 Å². The lowest BCUT2D eigenvalue weighted by Gasteiger charge is -2.40. The molecule has 0 bridgehead atoms. The second-order valence-electron chi connectivity index (χ2n) is 8.33. The van der Waals surface area contributed by atoms with Gasteiger partial charge < -0.3 is 10.2 Å². The standard InChI is InChI=1S/C22H32N2O2/c1-4-8-17-14-24(20(21(25)23-17)12-11-15(2)3)22(26)19-13-18(19)16-9-6-5-7-10-16/h5-7,9-10,15,17-20H,4,8,11-14H2,1-3H3,(H,23,25). The molecule has 1 N–H and O–H groups in total. The zero-order chi connectivity index (χ0) is 18.7. The Morgan fingerprint density at radius 3 is 2.62 bits per heavy atom. The van der Waals surface area contributed by atoms with Crippen molar-refractivity contribution in [3.63, 3.8) is 0 Å². The van der Waals surface area contributed by atoms with Crippen LogP contribution in [-0.4, -0.2) is 35.3 Å². The Morgan fingerprint density at radius 1 is 1.23 bits per heavy atom. The van der Waals surface area contributed by atoms with Crippen LogP contribution in [-0.2, 0) is 9.59 Å². The molecule has 1 aliphatic heterocycles. The summed E-state index contributed by atoms with van der Waals surface area (Å²) >= 11 is 0. The van der Waals surface area contributed by atoms with E-state index in [0.717, 1.165) is 32.1 Å². The molecular formula is C22H32N2O2. The first-order chi connectivity index (χ1) is 12.5. The van der Waals surface area contributed by atoms with Gasteiger partial charge in [0.05, 0.1) is 0 Å². The smallest absolute Gasteiger partial charge is 0.243 e. The molecule has 1 saturated carbocycles. The molecular weight excluding hydrogens is 324 g/mol. The fourth-order valence-corrected chi connectivity index (χ4v) is 4.13. The molecule has 26 heavy (non-hydrogen) atoms. The van der Waals surface area contributed by atoms with E-state index in [-0.39, 0.29) is 29.8 Å². The summed E-state index contributed by atoms with van der Waals surface area (Å²) < 4.78 is 0. The van der Waals surface area contributed by atoms with Crippen LogP contribution in [0.25, 0.3) is 0 Å². The van der Waals surface area contributed by atoms with Crippen molar-refractivity contribution >= 4 is 11.8 Å². The predicted octanol–water partition coefficient (Wildman–Crippen LogP) is 3.72. The number of piperazine rings is 1. The van der Waals surface area contributed by atoms with Crippen LogP contribution >= 0.6 is 0 Å². The molecule has 2 aliphatic rings. The summed E-state index contributed by atoms with van der Waals surface area (Å²) in [5.74, 6) is 1.13. The molecule has 4 nitrogen and oxygen atoms in total. The summed E-state index contributed by atoms with van der Waals surface area (Å²) in [4.78, 5) is 27.8. The van der Waals surface area contributed by atoms with Crippen LogP contribution in [0.5, 0.6) is 0 Å². The van der Waals surface area contributed by atoms with Crippen molar-refractivity contribution in [2.45, 2.75) is 70.9 Å². The molecule has 1 aliphatic carbocycles. The van der Waals surface area contributed by atoms with Crippen molar-refractivity contribution in [3.8, 4) is 0 Å². The van der Waals surface area contributed by atoms with E-state index >= 15 is 0 Å². The highest BCUT2D eigenvalue weighted by molar-refractivity contribution is 5.91. The average molecular weight is 357 g/mol. The van der Waals surface area contributed by atoms with Crippen molar-refractivity contribution in [1.29, 1.82) is 0 Å². The van der Waals surface area contributed by atoms with Crippen molar-refractivity contribution in [1.82, 2.24) is 10.2 Å². The van der Waals surface area contributed by atoms with Crippen LogP contribution in [0.2, 0.25) is 0 Å². The van der Waals surface area contributed by atoms with Crippen LogP contribution < -0.4 is 5.32 Å². The third-order valence-electron chi connectivity index (χ3n) is 5.72. The number of rotatable bonds is 7. The van der Waals surface area contributed by atoms with Crippen LogP contribution in [0.3, 0.4) is 0 Å². The Balaban J connectivity index is 1.72. The molecule has 1 heterocycles. The number of nitrogens with one attached hydrogen (secondary N) is 1. The van der Waals surface area contributed by atoms with Crippen LogP contribution in [0.1, 0.15) is 64.4 Å². The minimum atomic E-state index is -0.296. The van der Waals surface area contributed by atoms with Crippen molar-refractivity contribution in [2.24, 2.45) is 11.8 Å². The molecule has 4 unspecified atom stereocenters. The van der Waals surface area contributed by atoms with Crippen LogP contribution in [0.15, 0.2) is 30.3 Å². The molecule has 2 fully saturated rings. The minimum Gasteiger partial charge on any atom is -0.350 e. The number of carbonyl (C=O) groups is 2. The highest BCUT2D eigenvalue weighted by Crippen LogP contribution is 2.48. The van der Waals surface area contributed by atoms with Gasteiger partial charge in [-0.3, -0.25) is 9.59 Å². The predicted molar refractivity (Wildman–Crippen MR) is 104 cm³/mol. The molecule has 2 amide bonds. The molecule has 1 aromatic rings. The molecule has 4 heteroatoms. The summed E-state index contributed by atoms with van der Waals surface area (Å²) in [6, 6.07) is 10.1. The van der Waals surface area contributed by atoms with E-state index in [4.69, 9.17) is 0 Å². The fourth-order valence-electron chi connectivity index (χ4n) is 4.13. The third kappa shape index (κ3) is 4.28. The second-order valence-corrected chi connectivity index (χ2v) is 8.33. The van der Waals surface area contributed by atoms with E-state index in [0.29, 0.717) is 18.4 Å². The van der Waals surface area contributed by atoms with Gasteiger partial charge in [-0.05, 0) is 43.1 Å². The molecule has 3 rings (SSSR count). The van der Waals surface area contributed by atoms with Gasteiger partial charge in [-0.1, -0.05) is 57.5 Å². The third-order valence-corrected chi connectivity index (χ3v) is 5.72. The van der Waals surface area contributed by atoms with Gasteiger partial charge in [-0.25, -0.2) is 0 Å². The maximum absolute atomic E-state index is 13.2. The lowest BCUT2D eigenvalue weighted by atomic mass is 9.96. The number of benzene rings is 1. The monoisotopic (exact) mass is 356 g/mol. The molecule has 0 radical (unpaired) electrons. The number of hydrogen-bond acceptors (Lipinski definition) is 2. The van der Waals surface area contributed by atoms with Gasteiger partial charge in [0, 0.05) is 18.5 Å². The maximum Gasteiger partial charge on any atom is 0.243 e. The van der Waals surface area contributed by atoms with E-state index in [2.05, 4.69) is 38.2 Å². The van der Waals surface area contributed by atoms with E-state index in [9.17, 15) is 9.59 Å². The van der Waals surface area contributed by atoms with Crippen molar-refractivity contribution < 1.29 is 9.59 Å². The SMILES string of the molecule is CCCC1CN(C(=O)C2CC2c2ccccc2)C(CCC(C)C)C(=O)N1. The molecule has 0 spiro atoms. The highest BCUT2D eigenvalue weighted by Gasteiger charge is 2.49. The number of hydrogen-bond donors (Lipinski definition) is 1. The first-order valence-corrected chi connectivity index (χ1v) is 10.2. The van der Waals surface area contributed by atoms with Crippen molar-refractivity contribution in [3.05, 3.63) is 35.9 Å². The van der Waals surface area contributed by atoms with Gasteiger partial charge in [0.1, 0.15) is 6.04 Å². The molecule has 142 valence electrons. The topological polar surface area (TPSA) is 49.4 Å². The zero-order valence-corrected chi connectivity index (χ0v) is 16.3. The summed E-state index contributed by atoms with van der Waals surface area (Å²) in [5.41, 5.74) is 1.25. The normalized spacial score (nSPS) is 28.2. The Kier molecular flexibility index (Phi) is 6.00. The minimum absolute atomic E-state index is 0.0422. The zero-order valence-electron chi connectivity index (χ0n) is 16.3. The first kappa shape index (κ1) is 18.9. The van der Waals surface area contributed by atoms with Gasteiger partial charge in [0.25, 0.3) is 0 Å². The Hall–Kier alpha value is -1.84. The van der Waals surface area contributed by atoms with Gasteiger partial charge in [0.15, 0.2) is 0 Å². The summed E-state index contributed by atoms with van der Waals surface area (Å²) in [7, 11) is 0. The lowest BCUT2D eigenvalue weighted by molar-refractivity contribution is -0.146. The Morgan fingerprint density at radius 2 is 1.96 bits per heavy atom. The summed E-state index contributed by atoms with van der Waals surface area (Å²) in [5, 5.41) is 3.15. The van der Waals surface area contributed by atoms with Gasteiger partial charge in [0.2, 0.25) is 11.8 Å². The van der Waals surface area contributed by atoms with Gasteiger partial charge in [-0.2, -0.15) is 0 Å². The van der Waals surface area contributed by atoms with Gasteiger partial charge in [-0.15, -0.1) is 0 Å². The van der Waals surface area contributed by atoms with E-state index in [1.807, 2.05) is 23.1 Å². The van der Waals surface area contributed by atoms with E-state index < -0.39 is 0 Å². The largest absolute Gasteiger partial charge is 0.350 e. The van der Waals surface area contributed by atoms with Crippen molar-refractivity contribution in [2.75, 3.05) is 6.54 Å². The number of carbonyl (C=O) groups excluding carboxylic acids is 2. The van der Waals surface area contributed by atoms with E-state index in [1.54, 1.807) is 0 Å². The number of amides is 2. The number of nitrogens with zero attached hydrogens (tertiary/aromatic N) is 1. The molecule has 1 saturated heterocycles. The summed E-state index contributed by atoms with van der Waals surface area (Å²) in [6.07, 6.45) is 4.58. The summed E-state index contributed by atoms with van der Waals surface area (Å²) in [6.45, 7) is 7.12. The maximum atomic E-state index is 13.2. The highest BCUT2D eigenvalue weighted by atomic mass is 16.2. The quantitative estimate of drug-likeness (QED) is 0.809. The first-order valence-electron chi connectivity index (χ1n) is 10.2. The average Bonchev–Trinajstić information content (AvgIpc) is 3.41. The lowest BCUT2D eigenvalue weighted by Crippen LogP contribution is -2.61. The Bertz CT molecular complexity index is 628. The van der Waals surface area contributed by atoms with Crippen LogP contribution in [0, 0.1) is 11.8 Å². The Labute approximate surface area is 157 Å². The van der Waals surface area contributed by atoms with Crippen LogP contribution in [0.4, 0.5) is 0 Å². The van der Waals surface area contributed by atoms with Gasteiger partial charge >= 0.3 is 0 Å².